The van der Waals surface area contributed by atoms with E-state index < -0.39 is 0 Å². The van der Waals surface area contributed by atoms with E-state index >= 15 is 0 Å². The second-order valence-corrected chi connectivity index (χ2v) is 5.66. The Labute approximate surface area is 105 Å². The number of hydrogen-bond acceptors (Lipinski definition) is 2. The standard InChI is InChI=1S/C15H25NO/c1-15(2,3)9-8-13-6-5-7-14(12-13)17-11-10-16-4/h5-7,12,16H,8-11H2,1-4H3. The number of rotatable bonds is 6. The van der Waals surface area contributed by atoms with E-state index in [1.54, 1.807) is 0 Å². The smallest absolute Gasteiger partial charge is 0.119 e. The maximum Gasteiger partial charge on any atom is 0.119 e. The van der Waals surface area contributed by atoms with Gasteiger partial charge < -0.3 is 10.1 Å². The van der Waals surface area contributed by atoms with E-state index in [1.807, 2.05) is 13.1 Å². The predicted octanol–water partition coefficient (Wildman–Crippen LogP) is 3.26. The quantitative estimate of drug-likeness (QED) is 0.764. The summed E-state index contributed by atoms with van der Waals surface area (Å²) in [4.78, 5) is 0. The molecule has 2 heteroatoms. The lowest BCUT2D eigenvalue weighted by Gasteiger charge is -2.18. The van der Waals surface area contributed by atoms with Crippen molar-refractivity contribution >= 4 is 0 Å². The lowest BCUT2D eigenvalue weighted by atomic mass is 9.89. The van der Waals surface area contributed by atoms with Crippen LogP contribution < -0.4 is 10.1 Å². The average Bonchev–Trinajstić information content (AvgIpc) is 2.27. The second-order valence-electron chi connectivity index (χ2n) is 5.66. The molecule has 0 aliphatic carbocycles. The molecule has 1 N–H and O–H groups in total. The minimum absolute atomic E-state index is 0.392. The van der Waals surface area contributed by atoms with Crippen molar-refractivity contribution in [1.82, 2.24) is 5.32 Å². The molecule has 1 rings (SSSR count). The summed E-state index contributed by atoms with van der Waals surface area (Å²) >= 11 is 0. The highest BCUT2D eigenvalue weighted by atomic mass is 16.5. The van der Waals surface area contributed by atoms with Gasteiger partial charge in [0.2, 0.25) is 0 Å². The fourth-order valence-corrected chi connectivity index (χ4v) is 1.58. The van der Waals surface area contributed by atoms with Crippen molar-refractivity contribution in [3.63, 3.8) is 0 Å². The molecule has 17 heavy (non-hydrogen) atoms. The van der Waals surface area contributed by atoms with Gasteiger partial charge in [-0.05, 0) is 43.0 Å². The van der Waals surface area contributed by atoms with Gasteiger partial charge in [0.25, 0.3) is 0 Å². The number of hydrogen-bond donors (Lipinski definition) is 1. The summed E-state index contributed by atoms with van der Waals surface area (Å²) in [7, 11) is 1.93. The molecule has 0 saturated carbocycles. The Bertz CT molecular complexity index is 328. The summed E-state index contributed by atoms with van der Waals surface area (Å²) < 4.78 is 5.66. The molecule has 0 fully saturated rings. The minimum atomic E-state index is 0.392. The van der Waals surface area contributed by atoms with Gasteiger partial charge in [0.1, 0.15) is 12.4 Å². The van der Waals surface area contributed by atoms with Gasteiger partial charge in [0.05, 0.1) is 0 Å². The normalized spacial score (nSPS) is 11.5. The van der Waals surface area contributed by atoms with E-state index in [0.29, 0.717) is 5.41 Å². The molecule has 0 heterocycles. The Hall–Kier alpha value is -1.02. The van der Waals surface area contributed by atoms with E-state index in [4.69, 9.17) is 4.74 Å². The molecule has 0 amide bonds. The summed E-state index contributed by atoms with van der Waals surface area (Å²) in [6.07, 6.45) is 2.32. The fraction of sp³-hybridized carbons (Fsp3) is 0.600. The van der Waals surface area contributed by atoms with Crippen LogP contribution >= 0.6 is 0 Å². The molecule has 0 bridgehead atoms. The third-order valence-electron chi connectivity index (χ3n) is 2.68. The van der Waals surface area contributed by atoms with Crippen LogP contribution in [0, 0.1) is 5.41 Å². The molecule has 0 aliphatic rings. The van der Waals surface area contributed by atoms with Gasteiger partial charge in [-0.3, -0.25) is 0 Å². The van der Waals surface area contributed by atoms with Crippen LogP contribution in [-0.4, -0.2) is 20.2 Å². The molecule has 0 radical (unpaired) electrons. The highest BCUT2D eigenvalue weighted by Crippen LogP contribution is 2.23. The zero-order valence-electron chi connectivity index (χ0n) is 11.5. The Morgan fingerprint density at radius 1 is 1.24 bits per heavy atom. The van der Waals surface area contributed by atoms with Crippen LogP contribution in [0.3, 0.4) is 0 Å². The topological polar surface area (TPSA) is 21.3 Å². The first kappa shape index (κ1) is 14.0. The van der Waals surface area contributed by atoms with Crippen molar-refractivity contribution in [2.24, 2.45) is 5.41 Å². The molecular formula is C15H25NO. The molecule has 0 atom stereocenters. The van der Waals surface area contributed by atoms with E-state index in [2.05, 4.69) is 44.3 Å². The van der Waals surface area contributed by atoms with Crippen molar-refractivity contribution in [2.45, 2.75) is 33.6 Å². The van der Waals surface area contributed by atoms with E-state index in [1.165, 1.54) is 12.0 Å². The lowest BCUT2D eigenvalue weighted by Crippen LogP contribution is -2.16. The van der Waals surface area contributed by atoms with Gasteiger partial charge in [0.15, 0.2) is 0 Å². The Kier molecular flexibility index (Phi) is 5.49. The van der Waals surface area contributed by atoms with Crippen LogP contribution in [-0.2, 0) is 6.42 Å². The van der Waals surface area contributed by atoms with Crippen LogP contribution in [0.1, 0.15) is 32.8 Å². The molecule has 96 valence electrons. The van der Waals surface area contributed by atoms with Crippen molar-refractivity contribution in [3.05, 3.63) is 29.8 Å². The Balaban J connectivity index is 2.48. The number of ether oxygens (including phenoxy) is 1. The summed E-state index contributed by atoms with van der Waals surface area (Å²) in [5.41, 5.74) is 1.75. The Morgan fingerprint density at radius 2 is 2.00 bits per heavy atom. The molecule has 0 aromatic heterocycles. The molecule has 2 nitrogen and oxygen atoms in total. The summed E-state index contributed by atoms with van der Waals surface area (Å²) in [6.45, 7) is 8.44. The van der Waals surface area contributed by atoms with Gasteiger partial charge in [-0.25, -0.2) is 0 Å². The van der Waals surface area contributed by atoms with Crippen molar-refractivity contribution in [2.75, 3.05) is 20.2 Å². The number of benzene rings is 1. The van der Waals surface area contributed by atoms with Gasteiger partial charge in [-0.15, -0.1) is 0 Å². The second kappa shape index (κ2) is 6.65. The van der Waals surface area contributed by atoms with Crippen LogP contribution in [0.5, 0.6) is 5.75 Å². The zero-order chi connectivity index (χ0) is 12.7. The monoisotopic (exact) mass is 235 g/mol. The van der Waals surface area contributed by atoms with Crippen molar-refractivity contribution < 1.29 is 4.74 Å². The molecule has 0 saturated heterocycles. The predicted molar refractivity (Wildman–Crippen MR) is 73.6 cm³/mol. The van der Waals surface area contributed by atoms with Gasteiger partial charge in [-0.2, -0.15) is 0 Å². The number of aryl methyl sites for hydroxylation is 1. The summed E-state index contributed by atoms with van der Waals surface area (Å²) in [5.74, 6) is 0.978. The Morgan fingerprint density at radius 3 is 2.65 bits per heavy atom. The first-order valence-electron chi connectivity index (χ1n) is 6.37. The molecule has 1 aromatic rings. The summed E-state index contributed by atoms with van der Waals surface area (Å²) in [6, 6.07) is 8.43. The fourth-order valence-electron chi connectivity index (χ4n) is 1.58. The highest BCUT2D eigenvalue weighted by Gasteiger charge is 2.10. The number of likely N-dealkylation sites (N-methyl/N-ethyl adjacent to an activating group) is 1. The summed E-state index contributed by atoms with van der Waals surface area (Å²) in [5, 5.41) is 3.07. The van der Waals surface area contributed by atoms with Gasteiger partial charge >= 0.3 is 0 Å². The molecule has 0 unspecified atom stereocenters. The van der Waals surface area contributed by atoms with Crippen LogP contribution in [0.15, 0.2) is 24.3 Å². The van der Waals surface area contributed by atoms with Gasteiger partial charge in [-0.1, -0.05) is 32.9 Å². The first-order valence-corrected chi connectivity index (χ1v) is 6.37. The lowest BCUT2D eigenvalue weighted by molar-refractivity contribution is 0.317. The highest BCUT2D eigenvalue weighted by molar-refractivity contribution is 5.28. The maximum absolute atomic E-state index is 5.66. The van der Waals surface area contributed by atoms with Crippen molar-refractivity contribution in [3.8, 4) is 5.75 Å². The molecule has 0 aliphatic heterocycles. The average molecular weight is 235 g/mol. The van der Waals surface area contributed by atoms with Crippen LogP contribution in [0.25, 0.3) is 0 Å². The van der Waals surface area contributed by atoms with Crippen LogP contribution in [0.2, 0.25) is 0 Å². The third-order valence-corrected chi connectivity index (χ3v) is 2.68. The third kappa shape index (κ3) is 6.32. The van der Waals surface area contributed by atoms with Gasteiger partial charge in [0, 0.05) is 6.54 Å². The molecular weight excluding hydrogens is 210 g/mol. The zero-order valence-corrected chi connectivity index (χ0v) is 11.5. The van der Waals surface area contributed by atoms with E-state index in [-0.39, 0.29) is 0 Å². The largest absolute Gasteiger partial charge is 0.492 e. The SMILES string of the molecule is CNCCOc1cccc(CCC(C)(C)C)c1. The van der Waals surface area contributed by atoms with E-state index in [9.17, 15) is 0 Å². The van der Waals surface area contributed by atoms with Crippen LogP contribution in [0.4, 0.5) is 0 Å². The number of nitrogens with one attached hydrogen (secondary N) is 1. The van der Waals surface area contributed by atoms with Crippen molar-refractivity contribution in [1.29, 1.82) is 0 Å². The van der Waals surface area contributed by atoms with E-state index in [0.717, 1.165) is 25.3 Å². The molecule has 1 aromatic carbocycles. The first-order chi connectivity index (χ1) is 8.01. The minimum Gasteiger partial charge on any atom is -0.492 e. The molecule has 0 spiro atoms. The maximum atomic E-state index is 5.66.